The van der Waals surface area contributed by atoms with E-state index in [9.17, 15) is 9.18 Å². The quantitative estimate of drug-likeness (QED) is 0.885. The lowest BCUT2D eigenvalue weighted by Crippen LogP contribution is -2.37. The topological polar surface area (TPSA) is 38.3 Å². The van der Waals surface area contributed by atoms with E-state index in [-0.39, 0.29) is 11.7 Å². The van der Waals surface area contributed by atoms with E-state index < -0.39 is 6.10 Å². The summed E-state index contributed by atoms with van der Waals surface area (Å²) >= 11 is 0. The molecule has 2 aromatic carbocycles. The smallest absolute Gasteiger partial charge is 0.260 e. The number of benzene rings is 2. The molecule has 1 N–H and O–H groups in total. The minimum atomic E-state index is -0.566. The zero-order valence-corrected chi connectivity index (χ0v) is 13.7. The molecule has 0 bridgehead atoms. The zero-order chi connectivity index (χ0) is 16.8. The molecule has 0 unspecified atom stereocenters. The molecular weight excluding hydrogens is 293 g/mol. The molecule has 2 aromatic rings. The van der Waals surface area contributed by atoms with E-state index >= 15 is 0 Å². The van der Waals surface area contributed by atoms with Crippen LogP contribution in [0.5, 0.6) is 5.75 Å². The molecule has 1 amide bonds. The molecule has 0 aliphatic rings. The Bertz CT molecular complexity index is 668. The maximum Gasteiger partial charge on any atom is 0.260 e. The highest BCUT2D eigenvalue weighted by Gasteiger charge is 2.15. The summed E-state index contributed by atoms with van der Waals surface area (Å²) in [5.41, 5.74) is 3.15. The number of halogens is 1. The predicted molar refractivity (Wildman–Crippen MR) is 89.1 cm³/mol. The Labute approximate surface area is 136 Å². The van der Waals surface area contributed by atoms with E-state index in [1.54, 1.807) is 19.1 Å². The molecule has 0 aliphatic carbocycles. The largest absolute Gasteiger partial charge is 0.481 e. The number of carbonyl (C=O) groups excluding carboxylic acids is 1. The number of ether oxygens (including phenoxy) is 1. The van der Waals surface area contributed by atoms with Crippen LogP contribution in [0.4, 0.5) is 4.39 Å². The molecule has 4 heteroatoms. The minimum absolute atomic E-state index is 0.159. The van der Waals surface area contributed by atoms with Gasteiger partial charge in [0.15, 0.2) is 6.10 Å². The first-order valence-corrected chi connectivity index (χ1v) is 7.72. The maximum atomic E-state index is 12.8. The summed E-state index contributed by atoms with van der Waals surface area (Å²) in [5.74, 6) is 0.313. The van der Waals surface area contributed by atoms with Gasteiger partial charge in [-0.15, -0.1) is 0 Å². The summed E-state index contributed by atoms with van der Waals surface area (Å²) in [5, 5.41) is 2.84. The molecule has 0 aromatic heterocycles. The molecule has 1 atom stereocenters. The summed E-state index contributed by atoms with van der Waals surface area (Å²) in [7, 11) is 0. The van der Waals surface area contributed by atoms with E-state index in [0.29, 0.717) is 13.0 Å². The summed E-state index contributed by atoms with van der Waals surface area (Å²) in [4.78, 5) is 12.1. The highest BCUT2D eigenvalue weighted by Crippen LogP contribution is 2.21. The number of rotatable bonds is 6. The highest BCUT2D eigenvalue weighted by molar-refractivity contribution is 5.80. The van der Waals surface area contributed by atoms with Crippen molar-refractivity contribution in [3.63, 3.8) is 0 Å². The van der Waals surface area contributed by atoms with Gasteiger partial charge in [-0.05, 0) is 62.1 Å². The highest BCUT2D eigenvalue weighted by atomic mass is 19.1. The average molecular weight is 315 g/mol. The zero-order valence-electron chi connectivity index (χ0n) is 13.7. The molecule has 0 aliphatic heterocycles. The van der Waals surface area contributed by atoms with E-state index in [0.717, 1.165) is 22.4 Å². The van der Waals surface area contributed by atoms with Gasteiger partial charge in [0.25, 0.3) is 5.91 Å². The van der Waals surface area contributed by atoms with Crippen LogP contribution in [0.1, 0.15) is 23.6 Å². The first-order valence-electron chi connectivity index (χ1n) is 7.72. The van der Waals surface area contributed by atoms with E-state index in [2.05, 4.69) is 5.32 Å². The van der Waals surface area contributed by atoms with Gasteiger partial charge in [-0.1, -0.05) is 24.3 Å². The summed E-state index contributed by atoms with van der Waals surface area (Å²) in [6, 6.07) is 12.1. The van der Waals surface area contributed by atoms with Crippen LogP contribution in [-0.4, -0.2) is 18.6 Å². The Hall–Kier alpha value is -2.36. The Balaban J connectivity index is 1.83. The van der Waals surface area contributed by atoms with Crippen LogP contribution >= 0.6 is 0 Å². The van der Waals surface area contributed by atoms with Crippen LogP contribution < -0.4 is 10.1 Å². The van der Waals surface area contributed by atoms with Gasteiger partial charge in [0.1, 0.15) is 11.6 Å². The lowest BCUT2D eigenvalue weighted by atomic mass is 10.1. The second-order valence-electron chi connectivity index (χ2n) is 5.63. The van der Waals surface area contributed by atoms with Crippen molar-refractivity contribution >= 4 is 5.91 Å². The van der Waals surface area contributed by atoms with Gasteiger partial charge < -0.3 is 10.1 Å². The van der Waals surface area contributed by atoms with Crippen molar-refractivity contribution in [2.75, 3.05) is 6.54 Å². The Morgan fingerprint density at radius 2 is 1.87 bits per heavy atom. The molecule has 0 saturated carbocycles. The predicted octanol–water partition coefficient (Wildman–Crippen LogP) is 3.57. The molecule has 0 saturated heterocycles. The lowest BCUT2D eigenvalue weighted by molar-refractivity contribution is -0.127. The summed E-state index contributed by atoms with van der Waals surface area (Å²) in [6.45, 7) is 6.21. The number of aryl methyl sites for hydroxylation is 1. The first kappa shape index (κ1) is 17.0. The van der Waals surface area contributed by atoms with Gasteiger partial charge >= 0.3 is 0 Å². The van der Waals surface area contributed by atoms with E-state index in [1.807, 2.05) is 32.0 Å². The molecule has 3 nitrogen and oxygen atoms in total. The van der Waals surface area contributed by atoms with Crippen molar-refractivity contribution in [2.45, 2.75) is 33.3 Å². The summed E-state index contributed by atoms with van der Waals surface area (Å²) in [6.07, 6.45) is 0.0890. The van der Waals surface area contributed by atoms with Crippen LogP contribution in [0.25, 0.3) is 0 Å². The SMILES string of the molecule is Cc1cccc(O[C@@H](C)C(=O)NCCc2ccc(F)cc2)c1C. The fourth-order valence-electron chi connectivity index (χ4n) is 2.22. The van der Waals surface area contributed by atoms with Gasteiger partial charge in [0, 0.05) is 6.54 Å². The van der Waals surface area contributed by atoms with Crippen molar-refractivity contribution in [1.29, 1.82) is 0 Å². The first-order chi connectivity index (χ1) is 11.0. The molecule has 0 radical (unpaired) electrons. The number of nitrogens with one attached hydrogen (secondary N) is 1. The van der Waals surface area contributed by atoms with Crippen molar-refractivity contribution in [3.8, 4) is 5.75 Å². The van der Waals surface area contributed by atoms with Gasteiger partial charge in [-0.3, -0.25) is 4.79 Å². The Morgan fingerprint density at radius 1 is 1.17 bits per heavy atom. The van der Waals surface area contributed by atoms with Gasteiger partial charge in [0.2, 0.25) is 0 Å². The molecule has 2 rings (SSSR count). The monoisotopic (exact) mass is 315 g/mol. The molecule has 0 fully saturated rings. The number of carbonyl (C=O) groups is 1. The van der Waals surface area contributed by atoms with Crippen molar-refractivity contribution < 1.29 is 13.9 Å². The maximum absolute atomic E-state index is 12.8. The Kier molecular flexibility index (Phi) is 5.74. The number of hydrogen-bond acceptors (Lipinski definition) is 2. The normalized spacial score (nSPS) is 11.8. The van der Waals surface area contributed by atoms with Crippen LogP contribution in [0.15, 0.2) is 42.5 Å². The average Bonchev–Trinajstić information content (AvgIpc) is 2.53. The van der Waals surface area contributed by atoms with Gasteiger partial charge in [-0.2, -0.15) is 0 Å². The second-order valence-corrected chi connectivity index (χ2v) is 5.63. The van der Waals surface area contributed by atoms with Crippen molar-refractivity contribution in [1.82, 2.24) is 5.32 Å². The fraction of sp³-hybridized carbons (Fsp3) is 0.316. The van der Waals surface area contributed by atoms with Crippen molar-refractivity contribution in [3.05, 3.63) is 65.0 Å². The Morgan fingerprint density at radius 3 is 2.57 bits per heavy atom. The fourth-order valence-corrected chi connectivity index (χ4v) is 2.22. The van der Waals surface area contributed by atoms with Crippen LogP contribution in [0.2, 0.25) is 0 Å². The standard InChI is InChI=1S/C19H22FNO2/c1-13-5-4-6-18(14(13)2)23-15(3)19(22)21-12-11-16-7-9-17(20)10-8-16/h4-10,15H,11-12H2,1-3H3,(H,21,22)/t15-/m0/s1. The number of hydrogen-bond donors (Lipinski definition) is 1. The third kappa shape index (κ3) is 4.81. The molecule has 0 heterocycles. The third-order valence-corrected chi connectivity index (χ3v) is 3.85. The second kappa shape index (κ2) is 7.77. The van der Waals surface area contributed by atoms with Gasteiger partial charge in [-0.25, -0.2) is 4.39 Å². The molecular formula is C19H22FNO2. The van der Waals surface area contributed by atoms with Crippen molar-refractivity contribution in [2.24, 2.45) is 0 Å². The third-order valence-electron chi connectivity index (χ3n) is 3.85. The van der Waals surface area contributed by atoms with Crippen LogP contribution in [0, 0.1) is 19.7 Å². The molecule has 23 heavy (non-hydrogen) atoms. The minimum Gasteiger partial charge on any atom is -0.481 e. The lowest BCUT2D eigenvalue weighted by Gasteiger charge is -2.17. The molecule has 122 valence electrons. The summed E-state index contributed by atoms with van der Waals surface area (Å²) < 4.78 is 18.6. The van der Waals surface area contributed by atoms with E-state index in [1.165, 1.54) is 12.1 Å². The van der Waals surface area contributed by atoms with Crippen LogP contribution in [0.3, 0.4) is 0 Å². The van der Waals surface area contributed by atoms with Crippen LogP contribution in [-0.2, 0) is 11.2 Å². The van der Waals surface area contributed by atoms with E-state index in [4.69, 9.17) is 4.74 Å². The molecule has 0 spiro atoms. The number of amides is 1. The van der Waals surface area contributed by atoms with Gasteiger partial charge in [0.05, 0.1) is 0 Å².